The van der Waals surface area contributed by atoms with Crippen molar-refractivity contribution in [3.05, 3.63) is 0 Å². The van der Waals surface area contributed by atoms with Crippen molar-refractivity contribution < 1.29 is 4.79 Å². The molecule has 3 heteroatoms. The molecule has 1 amide bonds. The number of nitrogens with two attached hydrogens (primary N) is 1. The van der Waals surface area contributed by atoms with Crippen LogP contribution in [0.25, 0.3) is 0 Å². The highest BCUT2D eigenvalue weighted by molar-refractivity contribution is 5.77. The second-order valence-electron chi connectivity index (χ2n) is 4.54. The molecule has 0 aromatic heterocycles. The van der Waals surface area contributed by atoms with Crippen LogP contribution in [0.1, 0.15) is 53.4 Å². The SMILES string of the molecule is CCCC(N)CC(=O)NC(C)(C)CC. The largest absolute Gasteiger partial charge is 0.351 e. The average Bonchev–Trinajstić information content (AvgIpc) is 2.03. The first kappa shape index (κ1) is 13.4. The van der Waals surface area contributed by atoms with Gasteiger partial charge in [0.25, 0.3) is 0 Å². The molecule has 1 atom stereocenters. The number of nitrogens with one attached hydrogen (secondary N) is 1. The average molecular weight is 200 g/mol. The quantitative estimate of drug-likeness (QED) is 0.687. The van der Waals surface area contributed by atoms with Crippen molar-refractivity contribution in [2.75, 3.05) is 0 Å². The maximum absolute atomic E-state index is 11.5. The van der Waals surface area contributed by atoms with Gasteiger partial charge in [0.15, 0.2) is 0 Å². The van der Waals surface area contributed by atoms with Gasteiger partial charge in [0.05, 0.1) is 0 Å². The molecule has 0 heterocycles. The fourth-order valence-corrected chi connectivity index (χ4v) is 1.23. The number of amides is 1. The molecule has 0 fully saturated rings. The summed E-state index contributed by atoms with van der Waals surface area (Å²) in [5, 5.41) is 2.98. The molecule has 1 unspecified atom stereocenters. The van der Waals surface area contributed by atoms with Crippen LogP contribution in [0.5, 0.6) is 0 Å². The molecule has 3 nitrogen and oxygen atoms in total. The summed E-state index contributed by atoms with van der Waals surface area (Å²) in [6.45, 7) is 8.19. The smallest absolute Gasteiger partial charge is 0.221 e. The topological polar surface area (TPSA) is 55.1 Å². The van der Waals surface area contributed by atoms with Crippen LogP contribution in [0.3, 0.4) is 0 Å². The van der Waals surface area contributed by atoms with Gasteiger partial charge in [-0.3, -0.25) is 4.79 Å². The highest BCUT2D eigenvalue weighted by Crippen LogP contribution is 2.08. The molecule has 0 rings (SSSR count). The second-order valence-corrected chi connectivity index (χ2v) is 4.54. The molecule has 0 aliphatic heterocycles. The maximum Gasteiger partial charge on any atom is 0.221 e. The van der Waals surface area contributed by atoms with Gasteiger partial charge in [0.2, 0.25) is 5.91 Å². The van der Waals surface area contributed by atoms with E-state index in [0.717, 1.165) is 19.3 Å². The summed E-state index contributed by atoms with van der Waals surface area (Å²) in [4.78, 5) is 11.5. The van der Waals surface area contributed by atoms with Gasteiger partial charge in [-0.25, -0.2) is 0 Å². The standard InChI is InChI=1S/C11H24N2O/c1-5-7-9(12)8-10(14)13-11(3,4)6-2/h9H,5-8,12H2,1-4H3,(H,13,14). The van der Waals surface area contributed by atoms with E-state index in [2.05, 4.69) is 19.2 Å². The van der Waals surface area contributed by atoms with Crippen molar-refractivity contribution in [3.8, 4) is 0 Å². The van der Waals surface area contributed by atoms with Crippen LogP contribution in [-0.4, -0.2) is 17.5 Å². The van der Waals surface area contributed by atoms with Crippen LogP contribution in [0.4, 0.5) is 0 Å². The normalized spacial score (nSPS) is 13.8. The van der Waals surface area contributed by atoms with Crippen LogP contribution < -0.4 is 11.1 Å². The molecule has 0 spiro atoms. The van der Waals surface area contributed by atoms with Crippen LogP contribution in [0.2, 0.25) is 0 Å². The summed E-state index contributed by atoms with van der Waals surface area (Å²) in [6, 6.07) is 0.00709. The Kier molecular flexibility index (Phi) is 5.77. The van der Waals surface area contributed by atoms with Gasteiger partial charge < -0.3 is 11.1 Å². The lowest BCUT2D eigenvalue weighted by molar-refractivity contribution is -0.123. The zero-order valence-electron chi connectivity index (χ0n) is 9.89. The van der Waals surface area contributed by atoms with Gasteiger partial charge in [0.1, 0.15) is 0 Å². The van der Waals surface area contributed by atoms with E-state index in [4.69, 9.17) is 5.73 Å². The van der Waals surface area contributed by atoms with Crippen LogP contribution in [0.15, 0.2) is 0 Å². The molecule has 0 saturated heterocycles. The first-order valence-corrected chi connectivity index (χ1v) is 5.48. The van der Waals surface area contributed by atoms with E-state index >= 15 is 0 Å². The third-order valence-electron chi connectivity index (χ3n) is 2.47. The van der Waals surface area contributed by atoms with Crippen molar-refractivity contribution in [2.24, 2.45) is 5.73 Å². The molecular formula is C11H24N2O. The summed E-state index contributed by atoms with van der Waals surface area (Å²) in [5.74, 6) is 0.0674. The van der Waals surface area contributed by atoms with E-state index in [0.29, 0.717) is 6.42 Å². The van der Waals surface area contributed by atoms with Crippen molar-refractivity contribution in [1.29, 1.82) is 0 Å². The Bertz CT molecular complexity index is 178. The minimum atomic E-state index is -0.108. The third-order valence-corrected chi connectivity index (χ3v) is 2.47. The lowest BCUT2D eigenvalue weighted by Crippen LogP contribution is -2.44. The fourth-order valence-electron chi connectivity index (χ4n) is 1.23. The van der Waals surface area contributed by atoms with Crippen molar-refractivity contribution in [2.45, 2.75) is 65.0 Å². The Hall–Kier alpha value is -0.570. The van der Waals surface area contributed by atoms with Gasteiger partial charge in [-0.15, -0.1) is 0 Å². The Morgan fingerprint density at radius 1 is 1.43 bits per heavy atom. The van der Waals surface area contributed by atoms with E-state index in [1.54, 1.807) is 0 Å². The van der Waals surface area contributed by atoms with E-state index in [1.165, 1.54) is 0 Å². The maximum atomic E-state index is 11.5. The van der Waals surface area contributed by atoms with E-state index in [9.17, 15) is 4.79 Å². The lowest BCUT2D eigenvalue weighted by atomic mass is 10.0. The first-order valence-electron chi connectivity index (χ1n) is 5.48. The lowest BCUT2D eigenvalue weighted by Gasteiger charge is -2.25. The molecule has 0 saturated carbocycles. The molecule has 0 radical (unpaired) electrons. The van der Waals surface area contributed by atoms with Crippen molar-refractivity contribution in [1.82, 2.24) is 5.32 Å². The first-order chi connectivity index (χ1) is 6.41. The van der Waals surface area contributed by atoms with Crippen LogP contribution in [-0.2, 0) is 4.79 Å². The molecule has 0 aromatic rings. The molecular weight excluding hydrogens is 176 g/mol. The van der Waals surface area contributed by atoms with Crippen molar-refractivity contribution >= 4 is 5.91 Å². The Labute approximate surface area is 87.4 Å². The van der Waals surface area contributed by atoms with Crippen LogP contribution >= 0.6 is 0 Å². The summed E-state index contributed by atoms with van der Waals surface area (Å²) in [6.07, 6.45) is 3.32. The Morgan fingerprint density at radius 3 is 2.43 bits per heavy atom. The summed E-state index contributed by atoms with van der Waals surface area (Å²) < 4.78 is 0. The van der Waals surface area contributed by atoms with E-state index < -0.39 is 0 Å². The monoisotopic (exact) mass is 200 g/mol. The fraction of sp³-hybridized carbons (Fsp3) is 0.909. The number of carbonyl (C=O) groups excluding carboxylic acids is 1. The summed E-state index contributed by atoms with van der Waals surface area (Å²) in [5.41, 5.74) is 5.68. The minimum Gasteiger partial charge on any atom is -0.351 e. The summed E-state index contributed by atoms with van der Waals surface area (Å²) in [7, 11) is 0. The molecule has 0 bridgehead atoms. The van der Waals surface area contributed by atoms with Gasteiger partial charge in [-0.05, 0) is 26.7 Å². The van der Waals surface area contributed by atoms with Crippen molar-refractivity contribution in [3.63, 3.8) is 0 Å². The molecule has 0 aliphatic carbocycles. The van der Waals surface area contributed by atoms with Gasteiger partial charge in [-0.1, -0.05) is 20.3 Å². The number of carbonyl (C=O) groups is 1. The predicted octanol–water partition coefficient (Wildman–Crippen LogP) is 1.81. The zero-order valence-corrected chi connectivity index (χ0v) is 9.89. The number of hydrogen-bond donors (Lipinski definition) is 2. The molecule has 3 N–H and O–H groups in total. The van der Waals surface area contributed by atoms with Gasteiger partial charge >= 0.3 is 0 Å². The van der Waals surface area contributed by atoms with Gasteiger partial charge in [0, 0.05) is 18.0 Å². The summed E-state index contributed by atoms with van der Waals surface area (Å²) >= 11 is 0. The Morgan fingerprint density at radius 2 is 2.00 bits per heavy atom. The highest BCUT2D eigenvalue weighted by atomic mass is 16.1. The minimum absolute atomic E-state index is 0.00709. The third kappa shape index (κ3) is 5.97. The molecule has 0 aliphatic rings. The van der Waals surface area contributed by atoms with Gasteiger partial charge in [-0.2, -0.15) is 0 Å². The zero-order chi connectivity index (χ0) is 11.2. The predicted molar refractivity (Wildman–Crippen MR) is 60.0 cm³/mol. The van der Waals surface area contributed by atoms with Crippen LogP contribution in [0, 0.1) is 0 Å². The number of hydrogen-bond acceptors (Lipinski definition) is 2. The van der Waals surface area contributed by atoms with E-state index in [1.807, 2.05) is 13.8 Å². The highest BCUT2D eigenvalue weighted by Gasteiger charge is 2.18. The van der Waals surface area contributed by atoms with E-state index in [-0.39, 0.29) is 17.5 Å². The number of rotatable bonds is 6. The molecule has 84 valence electrons. The molecule has 14 heavy (non-hydrogen) atoms. The Balaban J connectivity index is 3.86. The molecule has 0 aromatic carbocycles. The second kappa shape index (κ2) is 6.02.